The summed E-state index contributed by atoms with van der Waals surface area (Å²) in [6.07, 6.45) is 9.08. The second-order valence-corrected chi connectivity index (χ2v) is 8.68. The van der Waals surface area contributed by atoms with E-state index in [9.17, 15) is 4.79 Å². The molecule has 0 radical (unpaired) electrons. The van der Waals surface area contributed by atoms with Crippen LogP contribution in [0, 0.1) is 11.3 Å². The number of hydrogen-bond acceptors (Lipinski definition) is 4. The summed E-state index contributed by atoms with van der Waals surface area (Å²) >= 11 is 0. The third-order valence-corrected chi connectivity index (χ3v) is 8.17. The topological polar surface area (TPSA) is 41.6 Å². The molecule has 4 fully saturated rings. The van der Waals surface area contributed by atoms with Crippen molar-refractivity contribution in [2.45, 2.75) is 42.7 Å². The molecule has 0 unspecified atom stereocenters. The number of nitrogens with one attached hydrogen (secondary N) is 1. The van der Waals surface area contributed by atoms with Crippen molar-refractivity contribution >= 4 is 11.7 Å². The highest BCUT2D eigenvalue weighted by molar-refractivity contribution is 5.81. The average Bonchev–Trinajstić information content (AvgIpc) is 3.19. The smallest absolute Gasteiger partial charge is 0.311 e. The average molecular weight is 336 g/mol. The SMILES string of the molecule is COC(=O)[C@@H]1C[C@]23C=CCN4CC[C@@]5(c6ccccc6N[C@@]15CC2)[C@@H]43. The molecule has 1 N–H and O–H groups in total. The summed E-state index contributed by atoms with van der Waals surface area (Å²) in [6, 6.07) is 9.29. The molecule has 25 heavy (non-hydrogen) atoms. The van der Waals surface area contributed by atoms with Crippen LogP contribution in [0.2, 0.25) is 0 Å². The van der Waals surface area contributed by atoms with Gasteiger partial charge in [-0.05, 0) is 43.9 Å². The first-order valence-corrected chi connectivity index (χ1v) is 9.54. The number of carbonyl (C=O) groups is 1. The molecule has 3 heterocycles. The first-order valence-electron chi connectivity index (χ1n) is 9.54. The van der Waals surface area contributed by atoms with E-state index in [4.69, 9.17) is 4.74 Å². The number of rotatable bonds is 1. The van der Waals surface area contributed by atoms with Crippen molar-refractivity contribution < 1.29 is 9.53 Å². The minimum Gasteiger partial charge on any atom is -0.469 e. The van der Waals surface area contributed by atoms with Gasteiger partial charge in [-0.2, -0.15) is 0 Å². The predicted octanol–water partition coefficient (Wildman–Crippen LogP) is 2.71. The van der Waals surface area contributed by atoms with E-state index in [0.717, 1.165) is 32.4 Å². The van der Waals surface area contributed by atoms with Crippen molar-refractivity contribution in [2.24, 2.45) is 11.3 Å². The molecule has 0 aromatic heterocycles. The van der Waals surface area contributed by atoms with Gasteiger partial charge in [-0.15, -0.1) is 0 Å². The van der Waals surface area contributed by atoms with Gasteiger partial charge < -0.3 is 10.1 Å². The van der Waals surface area contributed by atoms with Crippen molar-refractivity contribution in [3.05, 3.63) is 42.0 Å². The van der Waals surface area contributed by atoms with Gasteiger partial charge in [-0.1, -0.05) is 30.4 Å². The Labute approximate surface area is 148 Å². The maximum absolute atomic E-state index is 12.9. The molecule has 4 heteroatoms. The maximum atomic E-state index is 12.9. The molecule has 3 saturated carbocycles. The molecule has 0 amide bonds. The minimum atomic E-state index is -0.184. The lowest BCUT2D eigenvalue weighted by molar-refractivity contribution is -0.162. The molecule has 1 aromatic rings. The van der Waals surface area contributed by atoms with Gasteiger partial charge in [0.05, 0.1) is 18.6 Å². The fourth-order valence-electron chi connectivity index (χ4n) is 7.56. The molecule has 3 spiro atoms. The number of methoxy groups -OCH3 is 1. The van der Waals surface area contributed by atoms with E-state index in [1.807, 2.05) is 0 Å². The van der Waals surface area contributed by atoms with E-state index in [1.165, 1.54) is 17.7 Å². The van der Waals surface area contributed by atoms with Gasteiger partial charge in [-0.3, -0.25) is 9.69 Å². The van der Waals surface area contributed by atoms with Crippen molar-refractivity contribution in [1.29, 1.82) is 0 Å². The number of fused-ring (bicyclic) bond motifs is 3. The molecule has 1 saturated heterocycles. The van der Waals surface area contributed by atoms with Crippen molar-refractivity contribution in [3.63, 3.8) is 0 Å². The summed E-state index contributed by atoms with van der Waals surface area (Å²) in [5.41, 5.74) is 2.65. The number of hydrogen-bond donors (Lipinski definition) is 1. The molecule has 2 bridgehead atoms. The number of esters is 1. The van der Waals surface area contributed by atoms with Crippen LogP contribution in [0.15, 0.2) is 36.4 Å². The second kappa shape index (κ2) is 4.29. The van der Waals surface area contributed by atoms with Gasteiger partial charge in [-0.25, -0.2) is 0 Å². The highest BCUT2D eigenvalue weighted by Crippen LogP contribution is 2.73. The Kier molecular flexibility index (Phi) is 2.47. The molecule has 1 aromatic carbocycles. The summed E-state index contributed by atoms with van der Waals surface area (Å²) < 4.78 is 5.31. The number of anilines is 1. The van der Waals surface area contributed by atoms with Crippen molar-refractivity contribution in [3.8, 4) is 0 Å². The summed E-state index contributed by atoms with van der Waals surface area (Å²) in [7, 11) is 1.54. The van der Waals surface area contributed by atoms with Crippen LogP contribution in [-0.2, 0) is 14.9 Å². The Hall–Kier alpha value is -1.81. The number of para-hydroxylation sites is 1. The van der Waals surface area contributed by atoms with Crippen LogP contribution in [0.25, 0.3) is 0 Å². The predicted molar refractivity (Wildman–Crippen MR) is 95.4 cm³/mol. The van der Waals surface area contributed by atoms with E-state index in [-0.39, 0.29) is 28.3 Å². The molecule has 5 atom stereocenters. The highest BCUT2D eigenvalue weighted by Gasteiger charge is 2.78. The lowest BCUT2D eigenvalue weighted by atomic mass is 9.40. The second-order valence-electron chi connectivity index (χ2n) is 8.68. The first-order chi connectivity index (χ1) is 12.2. The Morgan fingerprint density at radius 1 is 1.28 bits per heavy atom. The number of nitrogens with zero attached hydrogens (tertiary/aromatic N) is 1. The van der Waals surface area contributed by atoms with E-state index in [1.54, 1.807) is 7.11 Å². The van der Waals surface area contributed by atoms with Crippen LogP contribution in [0.4, 0.5) is 5.69 Å². The van der Waals surface area contributed by atoms with Crippen LogP contribution in [0.3, 0.4) is 0 Å². The van der Waals surface area contributed by atoms with Gasteiger partial charge >= 0.3 is 5.97 Å². The molecule has 6 aliphatic rings. The standard InChI is InChI=1S/C21H24N2O2/c1-25-17(24)15-13-19-7-4-11-23-12-10-20(18(19)23)14-5-2-3-6-16(14)22-21(15,20)9-8-19/h2-7,15,18,22H,8-13H2,1H3/t15-,18-,19-,20+,21-/m0/s1. The van der Waals surface area contributed by atoms with Gasteiger partial charge in [0.1, 0.15) is 0 Å². The monoisotopic (exact) mass is 336 g/mol. The lowest BCUT2D eigenvalue weighted by Crippen LogP contribution is -2.76. The molecule has 4 nitrogen and oxygen atoms in total. The summed E-state index contributed by atoms with van der Waals surface area (Å²) in [5.74, 6) is -0.104. The van der Waals surface area contributed by atoms with Gasteiger partial charge in [0.25, 0.3) is 0 Å². The zero-order valence-electron chi connectivity index (χ0n) is 14.6. The zero-order chi connectivity index (χ0) is 16.9. The lowest BCUT2D eigenvalue weighted by Gasteiger charge is -2.67. The van der Waals surface area contributed by atoms with E-state index < -0.39 is 0 Å². The molecular weight excluding hydrogens is 312 g/mol. The zero-order valence-corrected chi connectivity index (χ0v) is 14.6. The fourth-order valence-corrected chi connectivity index (χ4v) is 7.56. The van der Waals surface area contributed by atoms with Crippen molar-refractivity contribution in [2.75, 3.05) is 25.5 Å². The summed E-state index contributed by atoms with van der Waals surface area (Å²) in [4.78, 5) is 15.6. The molecule has 3 aliphatic heterocycles. The Morgan fingerprint density at radius 3 is 3.04 bits per heavy atom. The third kappa shape index (κ3) is 1.34. The quantitative estimate of drug-likeness (QED) is 0.632. The highest BCUT2D eigenvalue weighted by atomic mass is 16.5. The normalized spacial score (nSPS) is 45.5. The Balaban J connectivity index is 1.67. The summed E-state index contributed by atoms with van der Waals surface area (Å²) in [6.45, 7) is 2.18. The van der Waals surface area contributed by atoms with Crippen LogP contribution >= 0.6 is 0 Å². The van der Waals surface area contributed by atoms with Gasteiger partial charge in [0, 0.05) is 29.1 Å². The number of ether oxygens (including phenoxy) is 1. The van der Waals surface area contributed by atoms with E-state index in [0.29, 0.717) is 6.04 Å². The summed E-state index contributed by atoms with van der Waals surface area (Å²) in [5, 5.41) is 3.90. The number of benzene rings is 1. The van der Waals surface area contributed by atoms with Gasteiger partial charge in [0.2, 0.25) is 0 Å². The molecule has 7 rings (SSSR count). The van der Waals surface area contributed by atoms with Crippen molar-refractivity contribution in [1.82, 2.24) is 4.90 Å². The third-order valence-electron chi connectivity index (χ3n) is 8.17. The van der Waals surface area contributed by atoms with Crippen LogP contribution < -0.4 is 5.32 Å². The van der Waals surface area contributed by atoms with Gasteiger partial charge in [0.15, 0.2) is 0 Å². The Morgan fingerprint density at radius 2 is 2.16 bits per heavy atom. The van der Waals surface area contributed by atoms with Crippen LogP contribution in [-0.4, -0.2) is 42.6 Å². The van der Waals surface area contributed by atoms with Crippen LogP contribution in [0.5, 0.6) is 0 Å². The molecule has 130 valence electrons. The largest absolute Gasteiger partial charge is 0.469 e. The first kappa shape index (κ1) is 14.4. The van der Waals surface area contributed by atoms with E-state index in [2.05, 4.69) is 46.6 Å². The number of carbonyl (C=O) groups excluding carboxylic acids is 1. The minimum absolute atomic E-state index is 0.0315. The molecular formula is C21H24N2O2. The Bertz CT molecular complexity index is 820. The van der Waals surface area contributed by atoms with Crippen LogP contribution in [0.1, 0.15) is 31.2 Å². The fraction of sp³-hybridized carbons (Fsp3) is 0.571. The molecule has 3 aliphatic carbocycles. The maximum Gasteiger partial charge on any atom is 0.311 e. The van der Waals surface area contributed by atoms with E-state index >= 15 is 0 Å².